The Labute approximate surface area is 107 Å². The molecule has 0 atom stereocenters. The Morgan fingerprint density at radius 1 is 1.11 bits per heavy atom. The summed E-state index contributed by atoms with van der Waals surface area (Å²) in [7, 11) is 2.88. The van der Waals surface area contributed by atoms with E-state index in [1.807, 2.05) is 20.8 Å². The van der Waals surface area contributed by atoms with Crippen LogP contribution in [0.15, 0.2) is 18.2 Å². The Morgan fingerprint density at radius 2 is 1.67 bits per heavy atom. The molecule has 4 nitrogen and oxygen atoms in total. The van der Waals surface area contributed by atoms with Gasteiger partial charge < -0.3 is 10.1 Å². The number of carbonyl (C=O) groups is 2. The molecular formula is C14H19NO3. The summed E-state index contributed by atoms with van der Waals surface area (Å²) in [6, 6.07) is 5.10. The summed E-state index contributed by atoms with van der Waals surface area (Å²) in [6.07, 6.45) is 0. The lowest BCUT2D eigenvalue weighted by molar-refractivity contribution is 0.0600. The molecule has 0 aromatic heterocycles. The first kappa shape index (κ1) is 14.2. The fourth-order valence-corrected chi connectivity index (χ4v) is 1.57. The number of benzene rings is 1. The highest BCUT2D eigenvalue weighted by molar-refractivity contribution is 5.98. The van der Waals surface area contributed by atoms with E-state index < -0.39 is 5.97 Å². The molecule has 0 saturated heterocycles. The maximum atomic E-state index is 11.7. The van der Waals surface area contributed by atoms with E-state index in [-0.39, 0.29) is 11.3 Å². The third-order valence-electron chi connectivity index (χ3n) is 2.71. The van der Waals surface area contributed by atoms with E-state index in [2.05, 4.69) is 5.32 Å². The van der Waals surface area contributed by atoms with Crippen LogP contribution in [0.4, 0.5) is 0 Å². The third kappa shape index (κ3) is 3.09. The van der Waals surface area contributed by atoms with Gasteiger partial charge in [-0.3, -0.25) is 4.79 Å². The second-order valence-electron chi connectivity index (χ2n) is 5.12. The molecule has 1 amide bonds. The third-order valence-corrected chi connectivity index (χ3v) is 2.71. The number of ether oxygens (including phenoxy) is 1. The predicted molar refractivity (Wildman–Crippen MR) is 69.9 cm³/mol. The van der Waals surface area contributed by atoms with Gasteiger partial charge in [0.25, 0.3) is 5.91 Å². The van der Waals surface area contributed by atoms with Crippen LogP contribution in [0.5, 0.6) is 0 Å². The van der Waals surface area contributed by atoms with Crippen LogP contribution in [-0.2, 0) is 10.2 Å². The average molecular weight is 249 g/mol. The van der Waals surface area contributed by atoms with E-state index in [1.165, 1.54) is 7.11 Å². The molecular weight excluding hydrogens is 230 g/mol. The normalized spacial score (nSPS) is 10.9. The molecule has 0 aliphatic heterocycles. The first-order valence-electron chi connectivity index (χ1n) is 5.75. The van der Waals surface area contributed by atoms with Gasteiger partial charge in [-0.1, -0.05) is 20.8 Å². The minimum absolute atomic E-state index is 0.146. The minimum atomic E-state index is -0.439. The van der Waals surface area contributed by atoms with Crippen molar-refractivity contribution in [3.8, 4) is 0 Å². The van der Waals surface area contributed by atoms with Crippen molar-refractivity contribution in [1.29, 1.82) is 0 Å². The van der Waals surface area contributed by atoms with Crippen molar-refractivity contribution in [2.75, 3.05) is 14.2 Å². The number of methoxy groups -OCH3 is 1. The van der Waals surface area contributed by atoms with E-state index in [1.54, 1.807) is 25.2 Å². The van der Waals surface area contributed by atoms with Gasteiger partial charge in [0, 0.05) is 12.6 Å². The molecule has 0 radical (unpaired) electrons. The molecule has 0 spiro atoms. The zero-order valence-electron chi connectivity index (χ0n) is 11.5. The van der Waals surface area contributed by atoms with Gasteiger partial charge in [0.1, 0.15) is 0 Å². The van der Waals surface area contributed by atoms with Crippen molar-refractivity contribution in [2.45, 2.75) is 26.2 Å². The number of rotatable bonds is 2. The van der Waals surface area contributed by atoms with Crippen LogP contribution in [0, 0.1) is 0 Å². The molecule has 0 aliphatic carbocycles. The van der Waals surface area contributed by atoms with Crippen LogP contribution in [0.2, 0.25) is 0 Å². The Kier molecular flexibility index (Phi) is 4.11. The molecule has 0 heterocycles. The molecule has 1 aromatic rings. The SMILES string of the molecule is CNC(=O)c1cc(C(=O)OC)cc(C(C)(C)C)c1. The van der Waals surface area contributed by atoms with Gasteiger partial charge in [0.2, 0.25) is 0 Å². The van der Waals surface area contributed by atoms with Crippen LogP contribution in [0.1, 0.15) is 47.1 Å². The van der Waals surface area contributed by atoms with Gasteiger partial charge in [-0.2, -0.15) is 0 Å². The van der Waals surface area contributed by atoms with Crippen LogP contribution >= 0.6 is 0 Å². The quantitative estimate of drug-likeness (QED) is 0.817. The van der Waals surface area contributed by atoms with Crippen LogP contribution in [0.3, 0.4) is 0 Å². The fraction of sp³-hybridized carbons (Fsp3) is 0.429. The highest BCUT2D eigenvalue weighted by Gasteiger charge is 2.19. The van der Waals surface area contributed by atoms with Gasteiger partial charge in [0.05, 0.1) is 12.7 Å². The molecule has 0 aliphatic rings. The zero-order chi connectivity index (χ0) is 13.9. The molecule has 0 unspecified atom stereocenters. The van der Waals surface area contributed by atoms with E-state index in [0.29, 0.717) is 11.1 Å². The first-order valence-corrected chi connectivity index (χ1v) is 5.75. The highest BCUT2D eigenvalue weighted by atomic mass is 16.5. The van der Waals surface area contributed by atoms with Gasteiger partial charge in [-0.05, 0) is 29.2 Å². The molecule has 1 N–H and O–H groups in total. The van der Waals surface area contributed by atoms with E-state index >= 15 is 0 Å². The molecule has 0 saturated carbocycles. The number of amides is 1. The largest absolute Gasteiger partial charge is 0.465 e. The number of hydrogen-bond donors (Lipinski definition) is 1. The Balaban J connectivity index is 3.38. The molecule has 0 bridgehead atoms. The first-order chi connectivity index (χ1) is 8.29. The maximum Gasteiger partial charge on any atom is 0.337 e. The predicted octanol–water partition coefficient (Wildman–Crippen LogP) is 2.13. The summed E-state index contributed by atoms with van der Waals surface area (Å²) in [6.45, 7) is 6.07. The molecule has 0 fully saturated rings. The number of carbonyl (C=O) groups excluding carboxylic acids is 2. The lowest BCUT2D eigenvalue weighted by atomic mass is 9.85. The summed E-state index contributed by atoms with van der Waals surface area (Å²) in [4.78, 5) is 23.3. The van der Waals surface area contributed by atoms with Crippen molar-refractivity contribution >= 4 is 11.9 Å². The Hall–Kier alpha value is -1.84. The summed E-state index contributed by atoms with van der Waals surface area (Å²) >= 11 is 0. The van der Waals surface area contributed by atoms with Crippen molar-refractivity contribution in [3.05, 3.63) is 34.9 Å². The summed E-state index contributed by atoms with van der Waals surface area (Å²) in [5.74, 6) is -0.655. The van der Waals surface area contributed by atoms with E-state index in [9.17, 15) is 9.59 Å². The zero-order valence-corrected chi connectivity index (χ0v) is 11.5. The molecule has 4 heteroatoms. The van der Waals surface area contributed by atoms with Crippen molar-refractivity contribution < 1.29 is 14.3 Å². The second kappa shape index (κ2) is 5.21. The molecule has 1 aromatic carbocycles. The maximum absolute atomic E-state index is 11.7. The number of hydrogen-bond acceptors (Lipinski definition) is 3. The Morgan fingerprint density at radius 3 is 2.11 bits per heavy atom. The molecule has 98 valence electrons. The standard InChI is InChI=1S/C14H19NO3/c1-14(2,3)11-7-9(12(16)15-4)6-10(8-11)13(17)18-5/h6-8H,1-5H3,(H,15,16). The monoisotopic (exact) mass is 249 g/mol. The number of nitrogens with one attached hydrogen (secondary N) is 1. The van der Waals surface area contributed by atoms with Crippen LogP contribution in [-0.4, -0.2) is 26.0 Å². The van der Waals surface area contributed by atoms with Crippen molar-refractivity contribution in [2.24, 2.45) is 0 Å². The number of esters is 1. The van der Waals surface area contributed by atoms with E-state index in [0.717, 1.165) is 5.56 Å². The lowest BCUT2D eigenvalue weighted by Crippen LogP contribution is -2.21. The van der Waals surface area contributed by atoms with Gasteiger partial charge >= 0.3 is 5.97 Å². The highest BCUT2D eigenvalue weighted by Crippen LogP contribution is 2.25. The van der Waals surface area contributed by atoms with Crippen LogP contribution in [0.25, 0.3) is 0 Å². The van der Waals surface area contributed by atoms with Crippen molar-refractivity contribution in [1.82, 2.24) is 5.32 Å². The van der Waals surface area contributed by atoms with Crippen LogP contribution < -0.4 is 5.32 Å². The summed E-state index contributed by atoms with van der Waals surface area (Å²) in [5.41, 5.74) is 1.63. The fourth-order valence-electron chi connectivity index (χ4n) is 1.57. The van der Waals surface area contributed by atoms with Crippen molar-refractivity contribution in [3.63, 3.8) is 0 Å². The lowest BCUT2D eigenvalue weighted by Gasteiger charge is -2.20. The molecule has 1 rings (SSSR count). The topological polar surface area (TPSA) is 55.4 Å². The molecule has 18 heavy (non-hydrogen) atoms. The Bertz CT molecular complexity index is 438. The van der Waals surface area contributed by atoms with E-state index in [4.69, 9.17) is 4.74 Å². The smallest absolute Gasteiger partial charge is 0.337 e. The van der Waals surface area contributed by atoms with Gasteiger partial charge in [-0.25, -0.2) is 4.79 Å². The van der Waals surface area contributed by atoms with Gasteiger partial charge in [-0.15, -0.1) is 0 Å². The second-order valence-corrected chi connectivity index (χ2v) is 5.12. The average Bonchev–Trinajstić information content (AvgIpc) is 2.35. The van der Waals surface area contributed by atoms with Gasteiger partial charge in [0.15, 0.2) is 0 Å². The summed E-state index contributed by atoms with van der Waals surface area (Å²) < 4.78 is 4.70. The minimum Gasteiger partial charge on any atom is -0.465 e. The summed E-state index contributed by atoms with van der Waals surface area (Å²) in [5, 5.41) is 2.55.